The van der Waals surface area contributed by atoms with E-state index >= 15 is 0 Å². The monoisotopic (exact) mass is 408 g/mol. The van der Waals surface area contributed by atoms with E-state index in [4.69, 9.17) is 5.26 Å². The van der Waals surface area contributed by atoms with Crippen LogP contribution in [0.3, 0.4) is 0 Å². The lowest BCUT2D eigenvalue weighted by Gasteiger charge is -2.05. The van der Waals surface area contributed by atoms with E-state index in [-0.39, 0.29) is 27.0 Å². The third-order valence-electron chi connectivity index (χ3n) is 2.72. The molecule has 1 N–H and O–H groups in total. The summed E-state index contributed by atoms with van der Waals surface area (Å²) in [5, 5.41) is 9.08. The van der Waals surface area contributed by atoms with Gasteiger partial charge in [0, 0.05) is 0 Å². The van der Waals surface area contributed by atoms with E-state index in [1.807, 2.05) is 0 Å². The molecule has 0 aliphatic heterocycles. The van der Waals surface area contributed by atoms with E-state index in [2.05, 4.69) is 25.1 Å². The van der Waals surface area contributed by atoms with Crippen molar-refractivity contribution in [2.75, 3.05) is 6.26 Å². The number of halogens is 4. The number of benzene rings is 1. The number of aromatic nitrogens is 1. The number of hydrogen-bond acceptors (Lipinski definition) is 4. The normalized spacial score (nSPS) is 12.0. The van der Waals surface area contributed by atoms with Gasteiger partial charge in [0.2, 0.25) is 0 Å². The molecular weight excluding hydrogens is 401 g/mol. The molecule has 5 nitrogen and oxygen atoms in total. The van der Waals surface area contributed by atoms with Crippen molar-refractivity contribution in [3.05, 3.63) is 40.0 Å². The molecule has 0 atom stereocenters. The fourth-order valence-electron chi connectivity index (χ4n) is 1.85. The minimum atomic E-state index is -4.65. The second-order valence-electron chi connectivity index (χ2n) is 4.49. The van der Waals surface area contributed by atoms with Gasteiger partial charge in [-0.15, -0.1) is 0 Å². The average Bonchev–Trinajstić information content (AvgIpc) is 2.74. The van der Waals surface area contributed by atoms with Crippen molar-refractivity contribution < 1.29 is 25.8 Å². The molecule has 0 saturated heterocycles. The number of rotatable bonds is 3. The third kappa shape index (κ3) is 3.86. The van der Waals surface area contributed by atoms with Crippen molar-refractivity contribution in [2.24, 2.45) is 0 Å². The van der Waals surface area contributed by atoms with E-state index in [0.29, 0.717) is 0 Å². The predicted octanol–water partition coefficient (Wildman–Crippen LogP) is 3.67. The smallest absolute Gasteiger partial charge is 0.383 e. The van der Waals surface area contributed by atoms with Crippen LogP contribution in [-0.4, -0.2) is 19.7 Å². The molecule has 23 heavy (non-hydrogen) atoms. The van der Waals surface area contributed by atoms with Crippen LogP contribution >= 0.6 is 15.9 Å². The molecule has 0 amide bonds. The Labute approximate surface area is 137 Å². The number of nitrogens with zero attached hydrogens (tertiary/aromatic N) is 1. The molecule has 0 spiro atoms. The Morgan fingerprint density at radius 1 is 1.26 bits per heavy atom. The van der Waals surface area contributed by atoms with Crippen LogP contribution < -0.4 is 4.18 Å². The number of nitrogens with one attached hydrogen (secondary N) is 1. The fourth-order valence-corrected chi connectivity index (χ4v) is 2.92. The minimum Gasteiger partial charge on any atom is -0.383 e. The van der Waals surface area contributed by atoms with Crippen LogP contribution in [0.1, 0.15) is 11.3 Å². The van der Waals surface area contributed by atoms with Gasteiger partial charge >= 0.3 is 16.3 Å². The zero-order valence-electron chi connectivity index (χ0n) is 11.4. The molecule has 0 unspecified atom stereocenters. The Balaban J connectivity index is 2.49. The summed E-state index contributed by atoms with van der Waals surface area (Å²) in [5.41, 5.74) is -1.02. The van der Waals surface area contributed by atoms with E-state index in [1.54, 1.807) is 6.07 Å². The second-order valence-corrected chi connectivity index (χ2v) is 6.85. The first kappa shape index (κ1) is 17.4. The standard InChI is InChI=1S/C13H8BrF3N2O3S/c1-23(20,21)22-8-4-2-7(3-5-8)11-9(6-18)10(14)12(19-11)13(15,16)17/h2-5,19H,1H3. The van der Waals surface area contributed by atoms with Gasteiger partial charge in [0.1, 0.15) is 17.5 Å². The summed E-state index contributed by atoms with van der Waals surface area (Å²) in [7, 11) is -3.71. The molecule has 10 heteroatoms. The van der Waals surface area contributed by atoms with Crippen LogP contribution in [-0.2, 0) is 16.3 Å². The van der Waals surface area contributed by atoms with Crippen molar-refractivity contribution in [1.82, 2.24) is 4.98 Å². The summed E-state index contributed by atoms with van der Waals surface area (Å²) < 4.78 is 64.9. The molecule has 1 heterocycles. The van der Waals surface area contributed by atoms with Gasteiger partial charge < -0.3 is 9.17 Å². The van der Waals surface area contributed by atoms with Crippen LogP contribution in [0.2, 0.25) is 0 Å². The Morgan fingerprint density at radius 2 is 1.83 bits per heavy atom. The number of hydrogen-bond donors (Lipinski definition) is 1. The Morgan fingerprint density at radius 3 is 2.26 bits per heavy atom. The molecule has 2 aromatic rings. The first-order chi connectivity index (χ1) is 10.5. The minimum absolute atomic E-state index is 0.0106. The summed E-state index contributed by atoms with van der Waals surface area (Å²) in [6.45, 7) is 0. The van der Waals surface area contributed by atoms with E-state index < -0.39 is 22.0 Å². The van der Waals surface area contributed by atoms with Crippen molar-refractivity contribution in [3.63, 3.8) is 0 Å². The molecule has 2 rings (SSSR count). The molecule has 0 saturated carbocycles. The van der Waals surface area contributed by atoms with Gasteiger partial charge in [-0.05, 0) is 45.8 Å². The van der Waals surface area contributed by atoms with Crippen LogP contribution in [0.15, 0.2) is 28.7 Å². The molecule has 0 aliphatic carbocycles. The second kappa shape index (κ2) is 5.90. The highest BCUT2D eigenvalue weighted by molar-refractivity contribution is 9.10. The summed E-state index contributed by atoms with van der Waals surface area (Å²) >= 11 is 2.77. The highest BCUT2D eigenvalue weighted by Gasteiger charge is 2.37. The SMILES string of the molecule is CS(=O)(=O)Oc1ccc(-c2[nH]c(C(F)(F)F)c(Br)c2C#N)cc1. The fraction of sp³-hybridized carbons (Fsp3) is 0.154. The Bertz CT molecular complexity index is 881. The summed E-state index contributed by atoms with van der Waals surface area (Å²) in [6, 6.07) is 6.95. The van der Waals surface area contributed by atoms with Crippen LogP contribution in [0.25, 0.3) is 11.3 Å². The molecule has 0 aliphatic rings. The highest BCUT2D eigenvalue weighted by Crippen LogP contribution is 2.40. The lowest BCUT2D eigenvalue weighted by atomic mass is 10.1. The molecular formula is C13H8BrF3N2O3S. The quantitative estimate of drug-likeness (QED) is 0.785. The van der Waals surface area contributed by atoms with Gasteiger partial charge in [0.25, 0.3) is 0 Å². The van der Waals surface area contributed by atoms with Gasteiger partial charge in [0.05, 0.1) is 22.0 Å². The molecule has 0 bridgehead atoms. The maximum atomic E-state index is 12.9. The number of H-pyrrole nitrogens is 1. The lowest BCUT2D eigenvalue weighted by molar-refractivity contribution is -0.141. The Hall–Kier alpha value is -1.99. The molecule has 1 aromatic carbocycles. The summed E-state index contributed by atoms with van der Waals surface area (Å²) in [4.78, 5) is 2.17. The molecule has 1 aromatic heterocycles. The van der Waals surface area contributed by atoms with Gasteiger partial charge in [-0.2, -0.15) is 26.9 Å². The topological polar surface area (TPSA) is 83.0 Å². The summed E-state index contributed by atoms with van der Waals surface area (Å²) in [6.07, 6.45) is -3.78. The van der Waals surface area contributed by atoms with Gasteiger partial charge in [-0.1, -0.05) is 0 Å². The average molecular weight is 409 g/mol. The maximum absolute atomic E-state index is 12.9. The largest absolute Gasteiger partial charge is 0.432 e. The van der Waals surface area contributed by atoms with E-state index in [0.717, 1.165) is 6.26 Å². The highest BCUT2D eigenvalue weighted by atomic mass is 79.9. The predicted molar refractivity (Wildman–Crippen MR) is 79.1 cm³/mol. The molecule has 122 valence electrons. The molecule has 0 radical (unpaired) electrons. The van der Waals surface area contributed by atoms with E-state index in [9.17, 15) is 21.6 Å². The Kier molecular flexibility index (Phi) is 4.45. The first-order valence-corrected chi connectivity index (χ1v) is 8.52. The molecule has 0 fully saturated rings. The van der Waals surface area contributed by atoms with Crippen molar-refractivity contribution in [2.45, 2.75) is 6.18 Å². The van der Waals surface area contributed by atoms with Gasteiger partial charge in [-0.3, -0.25) is 0 Å². The zero-order chi connectivity index (χ0) is 17.4. The number of aromatic amines is 1. The van der Waals surface area contributed by atoms with Crippen LogP contribution in [0, 0.1) is 11.3 Å². The summed E-state index contributed by atoms with van der Waals surface area (Å²) in [5.74, 6) is 0.0106. The maximum Gasteiger partial charge on any atom is 0.432 e. The first-order valence-electron chi connectivity index (χ1n) is 5.91. The van der Waals surface area contributed by atoms with Gasteiger partial charge in [-0.25, -0.2) is 0 Å². The van der Waals surface area contributed by atoms with Gasteiger partial charge in [0.15, 0.2) is 0 Å². The van der Waals surface area contributed by atoms with Crippen molar-refractivity contribution in [3.8, 4) is 23.1 Å². The zero-order valence-corrected chi connectivity index (χ0v) is 13.8. The van der Waals surface area contributed by atoms with E-state index in [1.165, 1.54) is 24.3 Å². The van der Waals surface area contributed by atoms with Crippen molar-refractivity contribution >= 4 is 26.0 Å². The third-order valence-corrected chi connectivity index (χ3v) is 4.01. The van der Waals surface area contributed by atoms with Crippen LogP contribution in [0.4, 0.5) is 13.2 Å². The number of alkyl halides is 3. The van der Waals surface area contributed by atoms with Crippen molar-refractivity contribution in [1.29, 1.82) is 5.26 Å². The lowest BCUT2D eigenvalue weighted by Crippen LogP contribution is -2.06. The van der Waals surface area contributed by atoms with Crippen LogP contribution in [0.5, 0.6) is 5.75 Å². The number of nitriles is 1.